The van der Waals surface area contributed by atoms with Gasteiger partial charge in [-0.25, -0.2) is 0 Å². The monoisotopic (exact) mass is 703 g/mol. The van der Waals surface area contributed by atoms with Gasteiger partial charge in [0, 0.05) is 32.8 Å². The molecule has 0 atom stereocenters. The zero-order valence-corrected chi connectivity index (χ0v) is 29.8. The van der Waals surface area contributed by atoms with Crippen molar-refractivity contribution in [1.29, 1.82) is 0 Å². The van der Waals surface area contributed by atoms with Gasteiger partial charge in [-0.3, -0.25) is 0 Å². The Morgan fingerprint density at radius 1 is 0.309 bits per heavy atom. The van der Waals surface area contributed by atoms with E-state index in [9.17, 15) is 0 Å². The molecule has 0 saturated heterocycles. The molecule has 9 aromatic carbocycles. The number of benzene rings is 9. The van der Waals surface area contributed by atoms with Crippen molar-refractivity contribution < 1.29 is 8.83 Å². The summed E-state index contributed by atoms with van der Waals surface area (Å²) in [6, 6.07) is 70.8. The topological polar surface area (TPSA) is 29.5 Å². The third-order valence-corrected chi connectivity index (χ3v) is 10.9. The molecule has 0 spiro atoms. The average molecular weight is 704 g/mol. The smallest absolute Gasteiger partial charge is 0.159 e. The lowest BCUT2D eigenvalue weighted by Gasteiger charge is -2.27. The summed E-state index contributed by atoms with van der Waals surface area (Å²) in [6.45, 7) is 0. The third-order valence-electron chi connectivity index (χ3n) is 10.9. The van der Waals surface area contributed by atoms with Gasteiger partial charge in [-0.15, -0.1) is 0 Å². The predicted molar refractivity (Wildman–Crippen MR) is 229 cm³/mol. The lowest BCUT2D eigenvalue weighted by molar-refractivity contribution is 0.669. The molecule has 0 radical (unpaired) electrons. The van der Waals surface area contributed by atoms with Gasteiger partial charge in [0.05, 0.1) is 16.8 Å². The average Bonchev–Trinajstić information content (AvgIpc) is 3.85. The zero-order valence-electron chi connectivity index (χ0n) is 29.8. The first kappa shape index (κ1) is 31.2. The van der Waals surface area contributed by atoms with Gasteiger partial charge >= 0.3 is 0 Å². The fraction of sp³-hybridized carbons (Fsp3) is 0. The maximum Gasteiger partial charge on any atom is 0.159 e. The van der Waals surface area contributed by atoms with E-state index in [-0.39, 0.29) is 0 Å². The molecule has 0 amide bonds. The van der Waals surface area contributed by atoms with Gasteiger partial charge in [0.1, 0.15) is 16.7 Å². The SMILES string of the molecule is c1ccc(-c2ccc(-c3ccc(N(c4ccc(-c5ccccc5)cc4)c4cccc5c4oc4ccccc45)c4c3oc3c5ccccc5ccc34)cc2)cc1. The fourth-order valence-corrected chi connectivity index (χ4v) is 8.23. The summed E-state index contributed by atoms with van der Waals surface area (Å²) in [6.07, 6.45) is 0. The van der Waals surface area contributed by atoms with E-state index in [4.69, 9.17) is 8.83 Å². The van der Waals surface area contributed by atoms with Gasteiger partial charge in [-0.1, -0.05) is 158 Å². The minimum atomic E-state index is 0.836. The number of rotatable bonds is 6. The van der Waals surface area contributed by atoms with Crippen molar-refractivity contribution in [3.8, 4) is 33.4 Å². The van der Waals surface area contributed by atoms with Crippen LogP contribution in [0.2, 0.25) is 0 Å². The molecule has 0 aliphatic carbocycles. The maximum absolute atomic E-state index is 7.09. The van der Waals surface area contributed by atoms with E-state index in [1.807, 2.05) is 12.1 Å². The van der Waals surface area contributed by atoms with Crippen molar-refractivity contribution in [2.24, 2.45) is 0 Å². The van der Waals surface area contributed by atoms with Crippen molar-refractivity contribution in [3.05, 3.63) is 200 Å². The second-order valence-electron chi connectivity index (χ2n) is 14.0. The summed E-state index contributed by atoms with van der Waals surface area (Å²) < 4.78 is 13.8. The fourth-order valence-electron chi connectivity index (χ4n) is 8.23. The molecule has 0 N–H and O–H groups in total. The van der Waals surface area contributed by atoms with Crippen LogP contribution in [0, 0.1) is 0 Å². The highest BCUT2D eigenvalue weighted by Gasteiger charge is 2.25. The molecule has 2 aromatic heterocycles. The number of fused-ring (bicyclic) bond motifs is 8. The minimum Gasteiger partial charge on any atom is -0.455 e. The summed E-state index contributed by atoms with van der Waals surface area (Å²) in [5, 5.41) is 6.52. The van der Waals surface area contributed by atoms with Gasteiger partial charge in [0.15, 0.2) is 5.58 Å². The number of furan rings is 2. The number of hydrogen-bond donors (Lipinski definition) is 0. The molecule has 0 aliphatic rings. The highest BCUT2D eigenvalue weighted by Crippen LogP contribution is 2.49. The van der Waals surface area contributed by atoms with Gasteiger partial charge in [-0.2, -0.15) is 0 Å². The summed E-state index contributed by atoms with van der Waals surface area (Å²) in [5.41, 5.74) is 13.3. The van der Waals surface area contributed by atoms with Crippen LogP contribution < -0.4 is 4.90 Å². The van der Waals surface area contributed by atoms with Gasteiger partial charge in [0.2, 0.25) is 0 Å². The Morgan fingerprint density at radius 2 is 0.909 bits per heavy atom. The predicted octanol–water partition coefficient (Wildman–Crippen LogP) is 15.1. The highest BCUT2D eigenvalue weighted by molar-refractivity contribution is 6.23. The molecule has 11 rings (SSSR count). The van der Waals surface area contributed by atoms with E-state index in [1.165, 1.54) is 16.7 Å². The van der Waals surface area contributed by atoms with Crippen LogP contribution >= 0.6 is 0 Å². The lowest BCUT2D eigenvalue weighted by atomic mass is 9.97. The maximum atomic E-state index is 7.09. The molecule has 55 heavy (non-hydrogen) atoms. The second kappa shape index (κ2) is 12.6. The molecular formula is C52H33NO2. The van der Waals surface area contributed by atoms with E-state index in [1.54, 1.807) is 0 Å². The van der Waals surface area contributed by atoms with Crippen LogP contribution in [-0.2, 0) is 0 Å². The van der Waals surface area contributed by atoms with Crippen LogP contribution in [0.4, 0.5) is 17.1 Å². The van der Waals surface area contributed by atoms with Crippen molar-refractivity contribution in [2.75, 3.05) is 4.90 Å². The van der Waals surface area contributed by atoms with Crippen molar-refractivity contribution >= 4 is 71.7 Å². The Morgan fingerprint density at radius 3 is 1.65 bits per heavy atom. The molecular weight excluding hydrogens is 671 g/mol. The molecule has 11 aromatic rings. The number of hydrogen-bond acceptors (Lipinski definition) is 3. The zero-order chi connectivity index (χ0) is 36.3. The van der Waals surface area contributed by atoms with Crippen LogP contribution in [0.25, 0.3) is 88.0 Å². The first-order valence-corrected chi connectivity index (χ1v) is 18.7. The van der Waals surface area contributed by atoms with Crippen LogP contribution in [0.1, 0.15) is 0 Å². The third kappa shape index (κ3) is 5.13. The molecule has 0 saturated carbocycles. The minimum absolute atomic E-state index is 0.836. The summed E-state index contributed by atoms with van der Waals surface area (Å²) in [7, 11) is 0. The first-order chi connectivity index (χ1) is 27.3. The van der Waals surface area contributed by atoms with Crippen molar-refractivity contribution in [2.45, 2.75) is 0 Å². The van der Waals surface area contributed by atoms with Crippen LogP contribution in [-0.4, -0.2) is 0 Å². The normalized spacial score (nSPS) is 11.6. The lowest BCUT2D eigenvalue weighted by Crippen LogP contribution is -2.10. The highest BCUT2D eigenvalue weighted by atomic mass is 16.3. The summed E-state index contributed by atoms with van der Waals surface area (Å²) in [5.74, 6) is 0. The van der Waals surface area contributed by atoms with E-state index in [2.05, 4.69) is 193 Å². The van der Waals surface area contributed by atoms with E-state index < -0.39 is 0 Å². The molecule has 0 bridgehead atoms. The molecule has 0 fully saturated rings. The number of anilines is 3. The molecule has 0 aliphatic heterocycles. The molecule has 3 nitrogen and oxygen atoms in total. The first-order valence-electron chi connectivity index (χ1n) is 18.7. The van der Waals surface area contributed by atoms with Crippen LogP contribution in [0.5, 0.6) is 0 Å². The van der Waals surface area contributed by atoms with Crippen molar-refractivity contribution in [1.82, 2.24) is 0 Å². The second-order valence-corrected chi connectivity index (χ2v) is 14.0. The molecule has 0 unspecified atom stereocenters. The van der Waals surface area contributed by atoms with E-state index in [0.29, 0.717) is 0 Å². The largest absolute Gasteiger partial charge is 0.455 e. The van der Waals surface area contributed by atoms with Gasteiger partial charge in [0.25, 0.3) is 0 Å². The van der Waals surface area contributed by atoms with E-state index in [0.717, 1.165) is 88.4 Å². The Labute approximate surface area is 317 Å². The molecule has 258 valence electrons. The Kier molecular flexibility index (Phi) is 7.17. The Hall–Kier alpha value is -7.36. The standard InChI is InChI=1S/C52H33NO2/c1-3-12-34(13-4-1)36-22-24-39(25-23-36)42-32-33-46(49-45-31-28-38-16-7-8-17-41(38)50(45)55-52(42)49)53(40-29-26-37(27-30-40)35-14-5-2-6-15-35)47-20-11-19-44-43-18-9-10-21-48(43)54-51(44)47/h1-33H. The van der Waals surface area contributed by atoms with Crippen molar-refractivity contribution in [3.63, 3.8) is 0 Å². The quantitative estimate of drug-likeness (QED) is 0.173. The number of para-hydroxylation sites is 2. The summed E-state index contributed by atoms with van der Waals surface area (Å²) in [4.78, 5) is 2.34. The van der Waals surface area contributed by atoms with Crippen LogP contribution in [0.3, 0.4) is 0 Å². The molecule has 3 heteroatoms. The Balaban J connectivity index is 1.19. The van der Waals surface area contributed by atoms with Gasteiger partial charge in [-0.05, 0) is 75.7 Å². The number of nitrogens with zero attached hydrogens (tertiary/aromatic N) is 1. The van der Waals surface area contributed by atoms with E-state index >= 15 is 0 Å². The molecule has 2 heterocycles. The Bertz CT molecular complexity index is 3180. The summed E-state index contributed by atoms with van der Waals surface area (Å²) >= 11 is 0. The van der Waals surface area contributed by atoms with Crippen LogP contribution in [0.15, 0.2) is 209 Å². The van der Waals surface area contributed by atoms with Gasteiger partial charge < -0.3 is 13.7 Å².